The molecule has 2 rings (SSSR count). The van der Waals surface area contributed by atoms with E-state index in [0.29, 0.717) is 30.8 Å². The smallest absolute Gasteiger partial charge is 0.223 e. The van der Waals surface area contributed by atoms with Crippen LogP contribution in [0.25, 0.3) is 0 Å². The minimum absolute atomic E-state index is 0. The second-order valence-corrected chi connectivity index (χ2v) is 4.51. The number of hydrogen-bond donors (Lipinski definition) is 2. The number of rotatable bonds is 6. The van der Waals surface area contributed by atoms with E-state index in [2.05, 4.69) is 25.8 Å². The maximum absolute atomic E-state index is 13.4. The number of guanidine groups is 1. The van der Waals surface area contributed by atoms with Crippen molar-refractivity contribution in [1.82, 2.24) is 20.8 Å². The molecule has 0 saturated carbocycles. The van der Waals surface area contributed by atoms with Crippen molar-refractivity contribution >= 4 is 29.9 Å². The molecule has 7 nitrogen and oxygen atoms in total. The lowest BCUT2D eigenvalue weighted by Gasteiger charge is -2.11. The normalized spacial score (nSPS) is 10.9. The summed E-state index contributed by atoms with van der Waals surface area (Å²) < 4.78 is 36.2. The van der Waals surface area contributed by atoms with E-state index in [0.717, 1.165) is 12.1 Å². The zero-order valence-corrected chi connectivity index (χ0v) is 15.5. The predicted octanol–water partition coefficient (Wildman–Crippen LogP) is 2.02. The Kier molecular flexibility index (Phi) is 8.36. The first-order chi connectivity index (χ1) is 11.1. The van der Waals surface area contributed by atoms with Gasteiger partial charge in [0.05, 0.1) is 13.1 Å². The van der Waals surface area contributed by atoms with Crippen molar-refractivity contribution in [1.29, 1.82) is 0 Å². The van der Waals surface area contributed by atoms with Gasteiger partial charge in [-0.25, -0.2) is 8.78 Å². The summed E-state index contributed by atoms with van der Waals surface area (Å²) in [6.45, 7) is 2.62. The van der Waals surface area contributed by atoms with E-state index in [1.165, 1.54) is 6.07 Å². The summed E-state index contributed by atoms with van der Waals surface area (Å²) in [7, 11) is 1.61. The van der Waals surface area contributed by atoms with E-state index in [1.54, 1.807) is 14.0 Å². The van der Waals surface area contributed by atoms with Gasteiger partial charge in [0.2, 0.25) is 5.89 Å². The Morgan fingerprint density at radius 1 is 1.33 bits per heavy atom. The Balaban J connectivity index is 0.00000288. The third-order valence-corrected chi connectivity index (χ3v) is 2.75. The lowest BCUT2D eigenvalue weighted by atomic mass is 10.3. The van der Waals surface area contributed by atoms with Crippen molar-refractivity contribution < 1.29 is 18.0 Å². The van der Waals surface area contributed by atoms with Gasteiger partial charge in [-0.05, 0) is 12.1 Å². The number of nitrogens with zero attached hydrogens (tertiary/aromatic N) is 3. The highest BCUT2D eigenvalue weighted by Gasteiger charge is 2.06. The summed E-state index contributed by atoms with van der Waals surface area (Å²) in [4.78, 5) is 8.06. The van der Waals surface area contributed by atoms with Gasteiger partial charge in [0.1, 0.15) is 12.4 Å². The Bertz CT molecular complexity index is 681. The van der Waals surface area contributed by atoms with Gasteiger partial charge in [0, 0.05) is 20.0 Å². The number of hydrogen-bond acceptors (Lipinski definition) is 5. The van der Waals surface area contributed by atoms with Crippen molar-refractivity contribution in [2.24, 2.45) is 4.99 Å². The number of halogens is 3. The van der Waals surface area contributed by atoms with E-state index < -0.39 is 11.6 Å². The minimum atomic E-state index is -0.736. The topological polar surface area (TPSA) is 84.6 Å². The summed E-state index contributed by atoms with van der Waals surface area (Å²) >= 11 is 0. The average Bonchev–Trinajstić information content (AvgIpc) is 2.94. The van der Waals surface area contributed by atoms with Crippen molar-refractivity contribution in [2.75, 3.05) is 20.2 Å². The molecule has 0 amide bonds. The number of nitrogens with one attached hydrogen (secondary N) is 2. The number of benzene rings is 1. The van der Waals surface area contributed by atoms with Crippen LogP contribution in [0.5, 0.6) is 5.75 Å². The largest absolute Gasteiger partial charge is 0.489 e. The van der Waals surface area contributed by atoms with Crippen LogP contribution < -0.4 is 15.4 Å². The highest BCUT2D eigenvalue weighted by Crippen LogP contribution is 2.17. The average molecular weight is 453 g/mol. The molecule has 0 spiro atoms. The van der Waals surface area contributed by atoms with Gasteiger partial charge in [-0.15, -0.1) is 24.0 Å². The van der Waals surface area contributed by atoms with Gasteiger partial charge in [0.15, 0.2) is 23.4 Å². The third kappa shape index (κ3) is 6.26. The molecule has 0 aliphatic rings. The van der Waals surface area contributed by atoms with Crippen LogP contribution in [0.15, 0.2) is 27.7 Å². The first kappa shape index (κ1) is 20.1. The molecule has 10 heteroatoms. The fraction of sp³-hybridized carbons (Fsp3) is 0.357. The second kappa shape index (κ2) is 10.0. The molecule has 0 fully saturated rings. The fourth-order valence-corrected chi connectivity index (χ4v) is 1.72. The van der Waals surface area contributed by atoms with Crippen molar-refractivity contribution in [3.8, 4) is 5.75 Å². The predicted molar refractivity (Wildman–Crippen MR) is 94.5 cm³/mol. The minimum Gasteiger partial charge on any atom is -0.489 e. The first-order valence-electron chi connectivity index (χ1n) is 6.90. The van der Waals surface area contributed by atoms with Crippen LogP contribution >= 0.6 is 24.0 Å². The standard InChI is InChI=1S/C14H17F2N5O2.HI/c1-9-20-13(21-23-9)8-19-14(17-2)18-5-6-22-12-4-3-10(15)7-11(12)16;/h3-4,7H,5-6,8H2,1-2H3,(H2,17,18,19);1H. The highest BCUT2D eigenvalue weighted by atomic mass is 127. The van der Waals surface area contributed by atoms with Crippen LogP contribution in [-0.2, 0) is 6.54 Å². The lowest BCUT2D eigenvalue weighted by Crippen LogP contribution is -2.39. The number of aliphatic imine (C=N–C) groups is 1. The number of aromatic nitrogens is 2. The summed E-state index contributed by atoms with van der Waals surface area (Å²) in [6, 6.07) is 3.16. The maximum atomic E-state index is 13.4. The molecule has 0 aliphatic carbocycles. The van der Waals surface area contributed by atoms with Crippen molar-refractivity contribution in [3.05, 3.63) is 41.5 Å². The molecule has 2 aromatic rings. The molecule has 1 aromatic heterocycles. The fourth-order valence-electron chi connectivity index (χ4n) is 1.72. The number of aryl methyl sites for hydroxylation is 1. The van der Waals surface area contributed by atoms with Gasteiger partial charge in [-0.3, -0.25) is 4.99 Å². The van der Waals surface area contributed by atoms with E-state index in [1.807, 2.05) is 0 Å². The Labute approximate surface area is 154 Å². The zero-order valence-electron chi connectivity index (χ0n) is 13.2. The Morgan fingerprint density at radius 3 is 2.75 bits per heavy atom. The van der Waals surface area contributed by atoms with Crippen molar-refractivity contribution in [3.63, 3.8) is 0 Å². The van der Waals surface area contributed by atoms with E-state index in [9.17, 15) is 8.78 Å². The summed E-state index contributed by atoms with van der Waals surface area (Å²) in [5.41, 5.74) is 0. The SMILES string of the molecule is CN=C(NCCOc1ccc(F)cc1F)NCc1noc(C)n1.I. The lowest BCUT2D eigenvalue weighted by molar-refractivity contribution is 0.304. The molecule has 0 atom stereocenters. The molecule has 0 radical (unpaired) electrons. The Hall–Kier alpha value is -1.98. The van der Waals surface area contributed by atoms with Crippen LogP contribution in [0.1, 0.15) is 11.7 Å². The number of ether oxygens (including phenoxy) is 1. The molecule has 2 N–H and O–H groups in total. The third-order valence-electron chi connectivity index (χ3n) is 2.75. The van der Waals surface area contributed by atoms with Gasteiger partial charge < -0.3 is 19.9 Å². The quantitative estimate of drug-likeness (QED) is 0.302. The summed E-state index contributed by atoms with van der Waals surface area (Å²) in [5, 5.41) is 9.72. The molecule has 1 heterocycles. The second-order valence-electron chi connectivity index (χ2n) is 4.51. The van der Waals surface area contributed by atoms with Crippen LogP contribution in [0.3, 0.4) is 0 Å². The zero-order chi connectivity index (χ0) is 16.7. The molecule has 24 heavy (non-hydrogen) atoms. The molecule has 132 valence electrons. The van der Waals surface area contributed by atoms with Crippen LogP contribution in [0.2, 0.25) is 0 Å². The Morgan fingerprint density at radius 2 is 2.12 bits per heavy atom. The molecular formula is C14H18F2IN5O2. The highest BCUT2D eigenvalue weighted by molar-refractivity contribution is 14.0. The van der Waals surface area contributed by atoms with Crippen LogP contribution in [-0.4, -0.2) is 36.3 Å². The van der Waals surface area contributed by atoms with Gasteiger partial charge >= 0.3 is 0 Å². The molecule has 0 bridgehead atoms. The van der Waals surface area contributed by atoms with Crippen LogP contribution in [0, 0.1) is 18.6 Å². The van der Waals surface area contributed by atoms with Gasteiger partial charge in [-0.1, -0.05) is 5.16 Å². The maximum Gasteiger partial charge on any atom is 0.223 e. The van der Waals surface area contributed by atoms with E-state index in [4.69, 9.17) is 9.26 Å². The van der Waals surface area contributed by atoms with Gasteiger partial charge in [-0.2, -0.15) is 4.98 Å². The molecule has 1 aromatic carbocycles. The monoisotopic (exact) mass is 453 g/mol. The van der Waals surface area contributed by atoms with Crippen LogP contribution in [0.4, 0.5) is 8.78 Å². The molecule has 0 unspecified atom stereocenters. The molecular weight excluding hydrogens is 435 g/mol. The van der Waals surface area contributed by atoms with E-state index >= 15 is 0 Å². The summed E-state index contributed by atoms with van der Waals surface area (Å²) in [5.74, 6) is 0.123. The molecule has 0 aliphatic heterocycles. The van der Waals surface area contributed by atoms with Crippen molar-refractivity contribution in [2.45, 2.75) is 13.5 Å². The molecule has 0 saturated heterocycles. The van der Waals surface area contributed by atoms with Gasteiger partial charge in [0.25, 0.3) is 0 Å². The van der Waals surface area contributed by atoms with E-state index in [-0.39, 0.29) is 36.3 Å². The summed E-state index contributed by atoms with van der Waals surface area (Å²) in [6.07, 6.45) is 0. The first-order valence-corrected chi connectivity index (χ1v) is 6.90.